The fourth-order valence-corrected chi connectivity index (χ4v) is 12.0. The Bertz CT molecular complexity index is 3730. The summed E-state index contributed by atoms with van der Waals surface area (Å²) in [6.07, 6.45) is 2.84. The smallest absolute Gasteiger partial charge is 0.136 e. The van der Waals surface area contributed by atoms with Crippen molar-refractivity contribution in [2.45, 2.75) is 25.2 Å². The van der Waals surface area contributed by atoms with E-state index in [-0.39, 0.29) is 5.92 Å². The lowest BCUT2D eigenvalue weighted by atomic mass is 9.81. The van der Waals surface area contributed by atoms with Gasteiger partial charge in [-0.15, -0.1) is 11.3 Å². The molecule has 12 aromatic rings. The number of hydrogen-bond donors (Lipinski definition) is 0. The third-order valence-electron chi connectivity index (χ3n) is 13.5. The van der Waals surface area contributed by atoms with E-state index in [1.807, 2.05) is 11.3 Å². The highest BCUT2D eigenvalue weighted by Gasteiger charge is 2.33. The highest BCUT2D eigenvalue weighted by Crippen LogP contribution is 2.55. The van der Waals surface area contributed by atoms with Gasteiger partial charge in [-0.2, -0.15) is 0 Å². The highest BCUT2D eigenvalue weighted by molar-refractivity contribution is 7.26. The molecule has 0 N–H and O–H groups in total. The Morgan fingerprint density at radius 1 is 0.492 bits per heavy atom. The lowest BCUT2D eigenvalue weighted by Gasteiger charge is -2.32. The van der Waals surface area contributed by atoms with Crippen LogP contribution in [0, 0.1) is 0 Å². The standard InChI is InChI=1S/C60H41NOS/c1-3-17-38(18-4-1)35-40-33-34-41-37-54-58(48-26-11-13-31-53(48)62-54)59(50-36-39-19-7-8-22-43(39)44-23-9-10-24-45(44)50)57(41)49-28-16-29-51(56(40)49)61(42-20-5-2-6-21-42)52-30-15-27-47-46-25-12-14-32-55(46)63-60(47)52/h1-32,36-37,40H,33-35H2/t40-/m0/s1. The maximum Gasteiger partial charge on any atom is 0.136 e. The predicted octanol–water partition coefficient (Wildman–Crippen LogP) is 17.3. The number of anilines is 3. The number of fused-ring (bicyclic) bond motifs is 12. The number of furan rings is 1. The van der Waals surface area contributed by atoms with E-state index in [4.69, 9.17) is 4.42 Å². The van der Waals surface area contributed by atoms with E-state index >= 15 is 0 Å². The van der Waals surface area contributed by atoms with Crippen molar-refractivity contribution in [3.05, 3.63) is 223 Å². The maximum atomic E-state index is 6.87. The number of benzene rings is 10. The second-order valence-electron chi connectivity index (χ2n) is 17.0. The normalized spacial score (nSPS) is 13.8. The van der Waals surface area contributed by atoms with Crippen LogP contribution in [0.4, 0.5) is 17.1 Å². The second-order valence-corrected chi connectivity index (χ2v) is 18.1. The van der Waals surface area contributed by atoms with Gasteiger partial charge in [0.15, 0.2) is 0 Å². The van der Waals surface area contributed by atoms with Crippen molar-refractivity contribution in [3.63, 3.8) is 0 Å². The molecular weight excluding hydrogens is 783 g/mol. The zero-order chi connectivity index (χ0) is 41.4. The Balaban J connectivity index is 1.17. The van der Waals surface area contributed by atoms with E-state index in [1.165, 1.54) is 97.4 Å². The summed E-state index contributed by atoms with van der Waals surface area (Å²) in [5.41, 5.74) is 14.6. The first-order valence-electron chi connectivity index (χ1n) is 22.1. The average molecular weight is 824 g/mol. The third-order valence-corrected chi connectivity index (χ3v) is 14.7. The molecule has 0 amide bonds. The number of para-hydroxylation sites is 2. The predicted molar refractivity (Wildman–Crippen MR) is 268 cm³/mol. The average Bonchev–Trinajstić information content (AvgIpc) is 3.87. The molecule has 0 saturated heterocycles. The molecule has 0 saturated carbocycles. The Hall–Kier alpha value is -7.46. The summed E-state index contributed by atoms with van der Waals surface area (Å²) in [5, 5.41) is 9.94. The molecule has 0 unspecified atom stereocenters. The lowest BCUT2D eigenvalue weighted by molar-refractivity contribution is 0.628. The van der Waals surface area contributed by atoms with Gasteiger partial charge in [0.1, 0.15) is 11.2 Å². The number of thiophene rings is 1. The first kappa shape index (κ1) is 36.2. The van der Waals surface area contributed by atoms with Gasteiger partial charge >= 0.3 is 0 Å². The topological polar surface area (TPSA) is 16.4 Å². The molecule has 2 heterocycles. The van der Waals surface area contributed by atoms with Crippen LogP contribution in [-0.2, 0) is 12.8 Å². The van der Waals surface area contributed by atoms with E-state index in [2.05, 4.69) is 211 Å². The van der Waals surface area contributed by atoms with E-state index in [1.54, 1.807) is 0 Å². The Morgan fingerprint density at radius 2 is 1.16 bits per heavy atom. The van der Waals surface area contributed by atoms with Gasteiger partial charge in [0.2, 0.25) is 0 Å². The zero-order valence-electron chi connectivity index (χ0n) is 34.6. The minimum absolute atomic E-state index is 0.225. The molecule has 1 atom stereocenters. The maximum absolute atomic E-state index is 6.87. The summed E-state index contributed by atoms with van der Waals surface area (Å²) in [4.78, 5) is 2.57. The SMILES string of the molecule is c1ccc(C[C@@H]2CCc3cc4oc5ccccc5c4c(-c4cc5ccccc5c5ccccc45)c3-c3cccc(N(c4ccccc4)c4cccc5c4sc4ccccc45)c32)cc1. The van der Waals surface area contributed by atoms with Gasteiger partial charge in [0.05, 0.1) is 16.1 Å². The minimum Gasteiger partial charge on any atom is -0.456 e. The summed E-state index contributed by atoms with van der Waals surface area (Å²) in [5.74, 6) is 0.225. The monoisotopic (exact) mass is 823 g/mol. The first-order chi connectivity index (χ1) is 31.3. The fraction of sp³-hybridized carbons (Fsp3) is 0.0667. The van der Waals surface area contributed by atoms with Crippen LogP contribution in [0.25, 0.3) is 85.9 Å². The summed E-state index contributed by atoms with van der Waals surface area (Å²) in [6, 6.07) is 76.3. The van der Waals surface area contributed by atoms with Crippen LogP contribution in [0.15, 0.2) is 211 Å². The number of nitrogens with zero attached hydrogens (tertiary/aromatic N) is 1. The molecule has 0 aliphatic heterocycles. The molecule has 1 aliphatic carbocycles. The summed E-state index contributed by atoms with van der Waals surface area (Å²) >= 11 is 1.89. The quantitative estimate of drug-likeness (QED) is 0.155. The number of aryl methyl sites for hydroxylation is 1. The molecule has 2 aromatic heterocycles. The van der Waals surface area contributed by atoms with E-state index < -0.39 is 0 Å². The molecular formula is C60H41NOS. The Morgan fingerprint density at radius 3 is 2.02 bits per heavy atom. The Kier molecular flexibility index (Phi) is 8.38. The van der Waals surface area contributed by atoms with E-state index in [9.17, 15) is 0 Å². The van der Waals surface area contributed by atoms with E-state index in [0.717, 1.165) is 41.5 Å². The van der Waals surface area contributed by atoms with Gasteiger partial charge in [0, 0.05) is 37.5 Å². The summed E-state index contributed by atoms with van der Waals surface area (Å²) in [7, 11) is 0. The Labute approximate surface area is 369 Å². The second kappa shape index (κ2) is 14.6. The summed E-state index contributed by atoms with van der Waals surface area (Å²) < 4.78 is 9.47. The van der Waals surface area contributed by atoms with Crippen molar-refractivity contribution in [1.29, 1.82) is 0 Å². The molecule has 10 aromatic carbocycles. The van der Waals surface area contributed by atoms with Crippen molar-refractivity contribution in [2.24, 2.45) is 0 Å². The van der Waals surface area contributed by atoms with E-state index in [0.29, 0.717) is 0 Å². The first-order valence-corrected chi connectivity index (χ1v) is 22.9. The molecule has 3 heteroatoms. The van der Waals surface area contributed by atoms with Crippen LogP contribution in [-0.4, -0.2) is 0 Å². The van der Waals surface area contributed by atoms with Gasteiger partial charge in [-0.05, 0) is 129 Å². The third kappa shape index (κ3) is 5.77. The van der Waals surface area contributed by atoms with Gasteiger partial charge in [-0.3, -0.25) is 0 Å². The van der Waals surface area contributed by atoms with Crippen LogP contribution in [0.5, 0.6) is 0 Å². The van der Waals surface area contributed by atoms with Crippen LogP contribution in [0.2, 0.25) is 0 Å². The zero-order valence-corrected chi connectivity index (χ0v) is 35.4. The molecule has 0 radical (unpaired) electrons. The number of rotatable bonds is 6. The van der Waals surface area contributed by atoms with Crippen LogP contribution < -0.4 is 4.90 Å². The minimum atomic E-state index is 0.225. The molecule has 298 valence electrons. The van der Waals surface area contributed by atoms with Gasteiger partial charge in [-0.1, -0.05) is 158 Å². The molecule has 13 rings (SSSR count). The van der Waals surface area contributed by atoms with Crippen molar-refractivity contribution in [3.8, 4) is 22.3 Å². The molecule has 63 heavy (non-hydrogen) atoms. The number of hydrogen-bond acceptors (Lipinski definition) is 3. The molecule has 0 bridgehead atoms. The molecule has 0 fully saturated rings. The van der Waals surface area contributed by atoms with Crippen LogP contribution >= 0.6 is 11.3 Å². The lowest BCUT2D eigenvalue weighted by Crippen LogP contribution is -2.15. The van der Waals surface area contributed by atoms with Crippen molar-refractivity contribution in [2.75, 3.05) is 4.90 Å². The van der Waals surface area contributed by atoms with Crippen molar-refractivity contribution >= 4 is 92.1 Å². The highest BCUT2D eigenvalue weighted by atomic mass is 32.1. The van der Waals surface area contributed by atoms with Crippen molar-refractivity contribution in [1.82, 2.24) is 0 Å². The molecule has 0 spiro atoms. The van der Waals surface area contributed by atoms with Gasteiger partial charge in [-0.25, -0.2) is 0 Å². The molecule has 1 aliphatic rings. The van der Waals surface area contributed by atoms with Gasteiger partial charge < -0.3 is 9.32 Å². The summed E-state index contributed by atoms with van der Waals surface area (Å²) in [6.45, 7) is 0. The largest absolute Gasteiger partial charge is 0.456 e. The fourth-order valence-electron chi connectivity index (χ4n) is 10.8. The van der Waals surface area contributed by atoms with Gasteiger partial charge in [0.25, 0.3) is 0 Å². The van der Waals surface area contributed by atoms with Crippen LogP contribution in [0.3, 0.4) is 0 Å². The van der Waals surface area contributed by atoms with Crippen molar-refractivity contribution < 1.29 is 4.42 Å². The van der Waals surface area contributed by atoms with Crippen LogP contribution in [0.1, 0.15) is 29.0 Å². The molecule has 2 nitrogen and oxygen atoms in total.